The van der Waals surface area contributed by atoms with Gasteiger partial charge in [0.1, 0.15) is 11.0 Å². The second kappa shape index (κ2) is 4.11. The highest BCUT2D eigenvalue weighted by Gasteiger charge is 2.01. The van der Waals surface area contributed by atoms with Crippen molar-refractivity contribution in [1.82, 2.24) is 4.98 Å². The van der Waals surface area contributed by atoms with Crippen LogP contribution in [0.25, 0.3) is 0 Å². The summed E-state index contributed by atoms with van der Waals surface area (Å²) in [4.78, 5) is 4.03. The van der Waals surface area contributed by atoms with E-state index in [-0.39, 0.29) is 6.04 Å². The average molecular weight is 196 g/mol. The molecule has 0 bridgehead atoms. The maximum atomic E-state index is 8.66. The molecule has 0 fully saturated rings. The molecule has 1 N–H and O–H groups in total. The van der Waals surface area contributed by atoms with Crippen molar-refractivity contribution in [2.75, 3.05) is 5.32 Å². The van der Waals surface area contributed by atoms with Gasteiger partial charge in [-0.25, -0.2) is 4.98 Å². The molecule has 0 aliphatic heterocycles. The fraction of sp³-hybridized carbons (Fsp3) is 0.333. The van der Waals surface area contributed by atoms with Crippen LogP contribution in [0.1, 0.15) is 19.4 Å². The molecule has 0 saturated heterocycles. The Bertz CT molecular complexity index is 341. The fourth-order valence-electron chi connectivity index (χ4n) is 0.931. The summed E-state index contributed by atoms with van der Waals surface area (Å²) < 4.78 is 0. The number of hydrogen-bond acceptors (Lipinski definition) is 3. The van der Waals surface area contributed by atoms with Crippen LogP contribution in [0.2, 0.25) is 5.15 Å². The molecule has 0 unspecified atom stereocenters. The Kier molecular flexibility index (Phi) is 3.10. The summed E-state index contributed by atoms with van der Waals surface area (Å²) in [7, 11) is 0. The van der Waals surface area contributed by atoms with E-state index in [1.165, 1.54) is 6.07 Å². The van der Waals surface area contributed by atoms with Gasteiger partial charge < -0.3 is 5.32 Å². The van der Waals surface area contributed by atoms with E-state index in [4.69, 9.17) is 16.9 Å². The third kappa shape index (κ3) is 2.92. The van der Waals surface area contributed by atoms with Gasteiger partial charge in [-0.3, -0.25) is 0 Å². The number of halogens is 1. The molecular weight excluding hydrogens is 186 g/mol. The molecule has 1 aromatic rings. The number of rotatable bonds is 2. The molecule has 0 saturated carbocycles. The minimum atomic E-state index is 0.275. The maximum absolute atomic E-state index is 8.66. The number of pyridine rings is 1. The van der Waals surface area contributed by atoms with Gasteiger partial charge in [-0.1, -0.05) is 11.6 Å². The van der Waals surface area contributed by atoms with Crippen molar-refractivity contribution in [1.29, 1.82) is 5.26 Å². The number of anilines is 1. The number of nitriles is 1. The highest BCUT2D eigenvalue weighted by Crippen LogP contribution is 2.14. The summed E-state index contributed by atoms with van der Waals surface area (Å²) in [5.41, 5.74) is 0.517. The maximum Gasteiger partial charge on any atom is 0.132 e. The Morgan fingerprint density at radius 2 is 2.23 bits per heavy atom. The van der Waals surface area contributed by atoms with E-state index < -0.39 is 0 Å². The first-order valence-electron chi connectivity index (χ1n) is 3.96. The molecule has 0 aromatic carbocycles. The van der Waals surface area contributed by atoms with Crippen molar-refractivity contribution < 1.29 is 0 Å². The first-order chi connectivity index (χ1) is 6.11. The van der Waals surface area contributed by atoms with Crippen LogP contribution in [0.4, 0.5) is 5.82 Å². The van der Waals surface area contributed by atoms with E-state index >= 15 is 0 Å². The van der Waals surface area contributed by atoms with Crippen LogP contribution in [0.5, 0.6) is 0 Å². The summed E-state index contributed by atoms with van der Waals surface area (Å²) in [5, 5.41) is 12.1. The number of hydrogen-bond donors (Lipinski definition) is 1. The average Bonchev–Trinajstić information content (AvgIpc) is 2.01. The number of aromatic nitrogens is 1. The number of nitrogens with one attached hydrogen (secondary N) is 1. The van der Waals surface area contributed by atoms with E-state index in [0.29, 0.717) is 16.5 Å². The van der Waals surface area contributed by atoms with Crippen LogP contribution in [0, 0.1) is 11.3 Å². The Labute approximate surface area is 82.4 Å². The first-order valence-corrected chi connectivity index (χ1v) is 4.34. The molecule has 0 atom stereocenters. The lowest BCUT2D eigenvalue weighted by Crippen LogP contribution is -2.11. The lowest BCUT2D eigenvalue weighted by Gasteiger charge is -2.08. The van der Waals surface area contributed by atoms with Crippen molar-refractivity contribution in [3.05, 3.63) is 22.8 Å². The standard InChI is InChI=1S/C9H10ClN3/c1-6(2)12-9-4-7(5-11)3-8(10)13-9/h3-4,6H,1-2H3,(H,12,13). The summed E-state index contributed by atoms with van der Waals surface area (Å²) >= 11 is 5.71. The van der Waals surface area contributed by atoms with Gasteiger partial charge in [0.15, 0.2) is 0 Å². The van der Waals surface area contributed by atoms with Crippen LogP contribution < -0.4 is 5.32 Å². The Morgan fingerprint density at radius 3 is 2.77 bits per heavy atom. The van der Waals surface area contributed by atoms with Gasteiger partial charge in [0.25, 0.3) is 0 Å². The van der Waals surface area contributed by atoms with Crippen molar-refractivity contribution in [2.45, 2.75) is 19.9 Å². The fourth-order valence-corrected chi connectivity index (χ4v) is 1.14. The SMILES string of the molecule is CC(C)Nc1cc(C#N)cc(Cl)n1. The zero-order valence-electron chi connectivity index (χ0n) is 7.50. The summed E-state index contributed by atoms with van der Waals surface area (Å²) in [6.07, 6.45) is 0. The van der Waals surface area contributed by atoms with Crippen LogP contribution in [-0.4, -0.2) is 11.0 Å². The largest absolute Gasteiger partial charge is 0.368 e. The zero-order chi connectivity index (χ0) is 9.84. The van der Waals surface area contributed by atoms with E-state index in [9.17, 15) is 0 Å². The molecule has 0 radical (unpaired) electrons. The summed E-state index contributed by atoms with van der Waals surface area (Å²) in [6.45, 7) is 3.99. The summed E-state index contributed by atoms with van der Waals surface area (Å²) in [5.74, 6) is 0.638. The van der Waals surface area contributed by atoms with E-state index in [1.54, 1.807) is 6.07 Å². The second-order valence-electron chi connectivity index (χ2n) is 2.97. The Hall–Kier alpha value is -1.27. The van der Waals surface area contributed by atoms with Crippen LogP contribution >= 0.6 is 11.6 Å². The minimum Gasteiger partial charge on any atom is -0.368 e. The van der Waals surface area contributed by atoms with E-state index in [1.807, 2.05) is 19.9 Å². The molecule has 1 rings (SSSR count). The third-order valence-electron chi connectivity index (χ3n) is 1.36. The lowest BCUT2D eigenvalue weighted by atomic mass is 10.3. The van der Waals surface area contributed by atoms with Gasteiger partial charge in [-0.15, -0.1) is 0 Å². The molecule has 0 spiro atoms. The van der Waals surface area contributed by atoms with Crippen LogP contribution in [0.3, 0.4) is 0 Å². The number of nitrogens with zero attached hydrogens (tertiary/aromatic N) is 2. The molecule has 13 heavy (non-hydrogen) atoms. The van der Waals surface area contributed by atoms with Gasteiger partial charge in [0, 0.05) is 6.04 Å². The van der Waals surface area contributed by atoms with E-state index in [0.717, 1.165) is 0 Å². The van der Waals surface area contributed by atoms with Gasteiger partial charge in [-0.2, -0.15) is 5.26 Å². The monoisotopic (exact) mass is 195 g/mol. The van der Waals surface area contributed by atoms with Crippen molar-refractivity contribution >= 4 is 17.4 Å². The van der Waals surface area contributed by atoms with Gasteiger partial charge in [0.2, 0.25) is 0 Å². The molecule has 0 aliphatic carbocycles. The van der Waals surface area contributed by atoms with Crippen LogP contribution in [-0.2, 0) is 0 Å². The van der Waals surface area contributed by atoms with Gasteiger partial charge in [-0.05, 0) is 26.0 Å². The molecule has 0 aliphatic rings. The second-order valence-corrected chi connectivity index (χ2v) is 3.36. The highest BCUT2D eigenvalue weighted by atomic mass is 35.5. The topological polar surface area (TPSA) is 48.7 Å². The molecular formula is C9H10ClN3. The zero-order valence-corrected chi connectivity index (χ0v) is 8.26. The summed E-state index contributed by atoms with van der Waals surface area (Å²) in [6, 6.07) is 5.50. The molecule has 1 aromatic heterocycles. The predicted molar refractivity (Wildman–Crippen MR) is 52.7 cm³/mol. The quantitative estimate of drug-likeness (QED) is 0.738. The minimum absolute atomic E-state index is 0.275. The molecule has 4 heteroatoms. The highest BCUT2D eigenvalue weighted by molar-refractivity contribution is 6.29. The van der Waals surface area contributed by atoms with Gasteiger partial charge in [0.05, 0.1) is 11.6 Å². The van der Waals surface area contributed by atoms with E-state index in [2.05, 4.69) is 10.3 Å². The van der Waals surface area contributed by atoms with Crippen molar-refractivity contribution in [2.24, 2.45) is 0 Å². The lowest BCUT2D eigenvalue weighted by molar-refractivity contribution is 0.889. The normalized spacial score (nSPS) is 9.77. The van der Waals surface area contributed by atoms with Crippen LogP contribution in [0.15, 0.2) is 12.1 Å². The molecule has 0 amide bonds. The smallest absolute Gasteiger partial charge is 0.132 e. The van der Waals surface area contributed by atoms with Gasteiger partial charge >= 0.3 is 0 Å². The molecule has 3 nitrogen and oxygen atoms in total. The first kappa shape index (κ1) is 9.82. The van der Waals surface area contributed by atoms with Crippen molar-refractivity contribution in [3.8, 4) is 6.07 Å². The van der Waals surface area contributed by atoms with Crippen molar-refractivity contribution in [3.63, 3.8) is 0 Å². The molecule has 1 heterocycles. The molecule has 68 valence electrons. The Balaban J connectivity index is 2.96. The third-order valence-corrected chi connectivity index (χ3v) is 1.55. The predicted octanol–water partition coefficient (Wildman–Crippen LogP) is 2.43. The Morgan fingerprint density at radius 1 is 1.54 bits per heavy atom.